The van der Waals surface area contributed by atoms with E-state index in [1.54, 1.807) is 55.6 Å². The van der Waals surface area contributed by atoms with Crippen LogP contribution in [0.3, 0.4) is 0 Å². The predicted octanol–water partition coefficient (Wildman–Crippen LogP) is 1.83. The fraction of sp³-hybridized carbons (Fsp3) is 0.150. The van der Waals surface area contributed by atoms with E-state index in [0.29, 0.717) is 22.3 Å². The van der Waals surface area contributed by atoms with Gasteiger partial charge in [-0.25, -0.2) is 0 Å². The number of nitrogens with two attached hydrogens (primary N) is 1. The highest BCUT2D eigenvalue weighted by Gasteiger charge is 2.40. The van der Waals surface area contributed by atoms with Gasteiger partial charge in [0.05, 0.1) is 17.0 Å². The van der Waals surface area contributed by atoms with Crippen LogP contribution in [0.15, 0.2) is 57.7 Å². The quantitative estimate of drug-likeness (QED) is 0.761. The SMILES string of the molecule is CN1C(=O)c2oc3ccccc3c(=O)c2C1c1ccc(OCC(N)=O)cc1. The number of nitrogens with zero attached hydrogens (tertiary/aromatic N) is 1. The summed E-state index contributed by atoms with van der Waals surface area (Å²) in [6, 6.07) is 13.1. The zero-order valence-electron chi connectivity index (χ0n) is 14.5. The Kier molecular flexibility index (Phi) is 3.92. The molecule has 2 amide bonds. The molecule has 0 fully saturated rings. The lowest BCUT2D eigenvalue weighted by Gasteiger charge is -2.20. The standard InChI is InChI=1S/C20H16N2O5/c1-22-17(11-6-8-12(9-7-11)26-10-15(21)23)16-18(24)13-4-2-3-5-14(13)27-19(16)20(22)25/h2-9,17H,10H2,1H3,(H2,21,23). The Labute approximate surface area is 153 Å². The topological polar surface area (TPSA) is 103 Å². The van der Waals surface area contributed by atoms with Gasteiger partial charge >= 0.3 is 0 Å². The van der Waals surface area contributed by atoms with Crippen LogP contribution in [0.5, 0.6) is 5.75 Å². The molecule has 7 heteroatoms. The minimum absolute atomic E-state index is 0.0697. The van der Waals surface area contributed by atoms with Gasteiger partial charge in [0.1, 0.15) is 11.3 Å². The first-order valence-corrected chi connectivity index (χ1v) is 8.31. The number of benzene rings is 2. The van der Waals surface area contributed by atoms with Crippen LogP contribution < -0.4 is 15.9 Å². The molecule has 0 saturated carbocycles. The number of hydrogen-bond donors (Lipinski definition) is 1. The molecular weight excluding hydrogens is 348 g/mol. The third-order valence-corrected chi connectivity index (χ3v) is 4.59. The lowest BCUT2D eigenvalue weighted by Crippen LogP contribution is -2.25. The van der Waals surface area contributed by atoms with Gasteiger partial charge < -0.3 is 19.8 Å². The van der Waals surface area contributed by atoms with Crippen LogP contribution in [-0.4, -0.2) is 30.4 Å². The van der Waals surface area contributed by atoms with E-state index in [-0.39, 0.29) is 23.7 Å². The summed E-state index contributed by atoms with van der Waals surface area (Å²) in [4.78, 5) is 38.0. The first kappa shape index (κ1) is 16.8. The summed E-state index contributed by atoms with van der Waals surface area (Å²) in [6.45, 7) is -0.223. The Morgan fingerprint density at radius 2 is 1.85 bits per heavy atom. The Bertz CT molecular complexity index is 1120. The molecule has 7 nitrogen and oxygen atoms in total. The van der Waals surface area contributed by atoms with Crippen LogP contribution in [0, 0.1) is 0 Å². The van der Waals surface area contributed by atoms with E-state index in [1.165, 1.54) is 4.90 Å². The average Bonchev–Trinajstić information content (AvgIpc) is 2.92. The van der Waals surface area contributed by atoms with Crippen molar-refractivity contribution in [2.24, 2.45) is 5.73 Å². The largest absolute Gasteiger partial charge is 0.484 e. The maximum Gasteiger partial charge on any atom is 0.290 e. The number of primary amides is 1. The van der Waals surface area contributed by atoms with Crippen molar-refractivity contribution in [2.75, 3.05) is 13.7 Å². The second-order valence-corrected chi connectivity index (χ2v) is 6.31. The van der Waals surface area contributed by atoms with Crippen molar-refractivity contribution >= 4 is 22.8 Å². The highest BCUT2D eigenvalue weighted by Crippen LogP contribution is 2.37. The summed E-state index contributed by atoms with van der Waals surface area (Å²) in [6.07, 6.45) is 0. The number of hydrogen-bond acceptors (Lipinski definition) is 5. The molecule has 3 aromatic rings. The smallest absolute Gasteiger partial charge is 0.290 e. The number of fused-ring (bicyclic) bond motifs is 2. The molecule has 1 unspecified atom stereocenters. The normalized spacial score (nSPS) is 15.8. The first-order valence-electron chi connectivity index (χ1n) is 8.31. The summed E-state index contributed by atoms with van der Waals surface area (Å²) in [5.41, 5.74) is 6.29. The molecule has 0 spiro atoms. The van der Waals surface area contributed by atoms with Crippen molar-refractivity contribution in [1.29, 1.82) is 0 Å². The van der Waals surface area contributed by atoms with E-state index >= 15 is 0 Å². The molecule has 0 radical (unpaired) electrons. The molecule has 2 N–H and O–H groups in total. The monoisotopic (exact) mass is 364 g/mol. The molecule has 0 bridgehead atoms. The van der Waals surface area contributed by atoms with Gasteiger partial charge in [0.2, 0.25) is 5.76 Å². The van der Waals surface area contributed by atoms with Crippen molar-refractivity contribution in [3.05, 3.63) is 75.6 Å². The lowest BCUT2D eigenvalue weighted by atomic mass is 9.99. The van der Waals surface area contributed by atoms with Crippen LogP contribution in [0.4, 0.5) is 0 Å². The van der Waals surface area contributed by atoms with Crippen molar-refractivity contribution in [1.82, 2.24) is 4.90 Å². The summed E-state index contributed by atoms with van der Waals surface area (Å²) < 4.78 is 11.0. The van der Waals surface area contributed by atoms with Crippen molar-refractivity contribution in [3.63, 3.8) is 0 Å². The molecule has 136 valence electrons. The van der Waals surface area contributed by atoms with Crippen LogP contribution in [0.25, 0.3) is 11.0 Å². The number of amides is 2. The molecule has 4 rings (SSSR count). The van der Waals surface area contributed by atoms with E-state index < -0.39 is 11.9 Å². The molecule has 1 aliphatic heterocycles. The fourth-order valence-electron chi connectivity index (χ4n) is 3.33. The second-order valence-electron chi connectivity index (χ2n) is 6.31. The second kappa shape index (κ2) is 6.28. The molecule has 2 heterocycles. The van der Waals surface area contributed by atoms with Gasteiger partial charge in [-0.05, 0) is 29.8 Å². The Balaban J connectivity index is 1.79. The van der Waals surface area contributed by atoms with Gasteiger partial charge in [-0.1, -0.05) is 24.3 Å². The van der Waals surface area contributed by atoms with Gasteiger partial charge in [0, 0.05) is 7.05 Å². The van der Waals surface area contributed by atoms with Crippen molar-refractivity contribution in [3.8, 4) is 5.75 Å². The Morgan fingerprint density at radius 1 is 1.15 bits per heavy atom. The fourth-order valence-corrected chi connectivity index (χ4v) is 3.33. The lowest BCUT2D eigenvalue weighted by molar-refractivity contribution is -0.119. The maximum absolute atomic E-state index is 13.0. The third-order valence-electron chi connectivity index (χ3n) is 4.59. The molecule has 0 aliphatic carbocycles. The van der Waals surface area contributed by atoms with Gasteiger partial charge in [-0.15, -0.1) is 0 Å². The highest BCUT2D eigenvalue weighted by molar-refractivity contribution is 5.98. The molecule has 2 aromatic carbocycles. The molecule has 27 heavy (non-hydrogen) atoms. The van der Waals surface area contributed by atoms with Gasteiger partial charge in [0.15, 0.2) is 12.0 Å². The van der Waals surface area contributed by atoms with Gasteiger partial charge in [0.25, 0.3) is 11.8 Å². The number of ether oxygens (including phenoxy) is 1. The van der Waals surface area contributed by atoms with Crippen LogP contribution in [0.2, 0.25) is 0 Å². The van der Waals surface area contributed by atoms with Crippen LogP contribution >= 0.6 is 0 Å². The number of para-hydroxylation sites is 1. The molecule has 1 aromatic heterocycles. The van der Waals surface area contributed by atoms with Crippen LogP contribution in [0.1, 0.15) is 27.7 Å². The van der Waals surface area contributed by atoms with E-state index in [4.69, 9.17) is 14.9 Å². The summed E-state index contributed by atoms with van der Waals surface area (Å²) in [5.74, 6) is -0.374. The highest BCUT2D eigenvalue weighted by atomic mass is 16.5. The number of carbonyl (C=O) groups is 2. The summed E-state index contributed by atoms with van der Waals surface area (Å²) in [5, 5.41) is 0.436. The van der Waals surface area contributed by atoms with Crippen molar-refractivity contribution in [2.45, 2.75) is 6.04 Å². The van der Waals surface area contributed by atoms with E-state index in [2.05, 4.69) is 0 Å². The molecule has 1 aliphatic rings. The maximum atomic E-state index is 13.0. The summed E-state index contributed by atoms with van der Waals surface area (Å²) in [7, 11) is 1.63. The molecule has 1 atom stereocenters. The van der Waals surface area contributed by atoms with E-state index in [1.807, 2.05) is 0 Å². The Hall–Kier alpha value is -3.61. The zero-order valence-corrected chi connectivity index (χ0v) is 14.5. The minimum Gasteiger partial charge on any atom is -0.484 e. The first-order chi connectivity index (χ1) is 13.0. The van der Waals surface area contributed by atoms with E-state index in [9.17, 15) is 14.4 Å². The molecular formula is C20H16N2O5. The number of rotatable bonds is 4. The van der Waals surface area contributed by atoms with Gasteiger partial charge in [-0.3, -0.25) is 14.4 Å². The third kappa shape index (κ3) is 2.73. The van der Waals surface area contributed by atoms with Crippen LogP contribution in [-0.2, 0) is 4.79 Å². The zero-order chi connectivity index (χ0) is 19.1. The summed E-state index contributed by atoms with van der Waals surface area (Å²) >= 11 is 0. The number of carbonyl (C=O) groups excluding carboxylic acids is 2. The molecule has 0 saturated heterocycles. The van der Waals surface area contributed by atoms with Gasteiger partial charge in [-0.2, -0.15) is 0 Å². The average molecular weight is 364 g/mol. The van der Waals surface area contributed by atoms with Crippen molar-refractivity contribution < 1.29 is 18.7 Å². The van der Waals surface area contributed by atoms with E-state index in [0.717, 1.165) is 5.56 Å². The Morgan fingerprint density at radius 3 is 2.56 bits per heavy atom. The minimum atomic E-state index is -0.571. The predicted molar refractivity (Wildman–Crippen MR) is 97.6 cm³/mol.